The summed E-state index contributed by atoms with van der Waals surface area (Å²) in [6.45, 7) is 3.85. The van der Waals surface area contributed by atoms with Crippen LogP contribution in [0.25, 0.3) is 0 Å². The van der Waals surface area contributed by atoms with Gasteiger partial charge in [0.1, 0.15) is 0 Å². The zero-order chi connectivity index (χ0) is 5.54. The maximum absolute atomic E-state index is 5.08. The Labute approximate surface area is 53.9 Å². The summed E-state index contributed by atoms with van der Waals surface area (Å²) < 4.78 is 5.08. The molecular weight excluding hydrogens is 151 g/mol. The van der Waals surface area contributed by atoms with Gasteiger partial charge in [-0.2, -0.15) is 0 Å². The van der Waals surface area contributed by atoms with Gasteiger partial charge in [0.05, 0.1) is 0 Å². The van der Waals surface area contributed by atoms with E-state index in [9.17, 15) is 0 Å². The molecule has 0 rings (SSSR count). The molecule has 0 bridgehead atoms. The SMILES string of the molecule is CCOCCC[AsH2]. The minimum absolute atomic E-state index is 0.868. The van der Waals surface area contributed by atoms with Gasteiger partial charge < -0.3 is 0 Å². The average molecular weight is 164 g/mol. The Morgan fingerprint density at radius 3 is 2.71 bits per heavy atom. The summed E-state index contributed by atoms with van der Waals surface area (Å²) >= 11 is 1.79. The molecule has 1 nitrogen and oxygen atoms in total. The van der Waals surface area contributed by atoms with Crippen LogP contribution in [-0.2, 0) is 4.74 Å². The molecule has 0 N–H and O–H groups in total. The molecule has 0 saturated heterocycles. The van der Waals surface area contributed by atoms with Gasteiger partial charge in [0, 0.05) is 0 Å². The zero-order valence-electron chi connectivity index (χ0n) is 4.81. The summed E-state index contributed by atoms with van der Waals surface area (Å²) in [5, 5.41) is 1.30. The fourth-order valence-corrected chi connectivity index (χ4v) is 0.679. The summed E-state index contributed by atoms with van der Waals surface area (Å²) in [5.74, 6) is 0. The second-order valence-electron chi connectivity index (χ2n) is 1.34. The summed E-state index contributed by atoms with van der Waals surface area (Å²) in [4.78, 5) is 0. The number of ether oxygens (including phenoxy) is 1. The summed E-state index contributed by atoms with van der Waals surface area (Å²) in [7, 11) is 0. The van der Waals surface area contributed by atoms with Gasteiger partial charge in [0.25, 0.3) is 0 Å². The second kappa shape index (κ2) is 6.52. The molecule has 0 saturated carbocycles. The first kappa shape index (κ1) is 7.52. The van der Waals surface area contributed by atoms with Crippen LogP contribution in [0, 0.1) is 0 Å². The van der Waals surface area contributed by atoms with E-state index < -0.39 is 0 Å². The average Bonchev–Trinajstić information content (AvgIpc) is 1.69. The molecule has 0 amide bonds. The van der Waals surface area contributed by atoms with Gasteiger partial charge in [0.15, 0.2) is 0 Å². The van der Waals surface area contributed by atoms with Gasteiger partial charge in [-0.15, -0.1) is 0 Å². The van der Waals surface area contributed by atoms with E-state index in [1.807, 2.05) is 6.92 Å². The van der Waals surface area contributed by atoms with Gasteiger partial charge in [-0.25, -0.2) is 0 Å². The Morgan fingerprint density at radius 2 is 2.29 bits per heavy atom. The van der Waals surface area contributed by atoms with Crippen LogP contribution in [0.5, 0.6) is 0 Å². The van der Waals surface area contributed by atoms with Gasteiger partial charge in [-0.3, -0.25) is 0 Å². The molecule has 0 aromatic carbocycles. The quantitative estimate of drug-likeness (QED) is 0.433. The van der Waals surface area contributed by atoms with E-state index in [0.717, 1.165) is 13.2 Å². The maximum atomic E-state index is 5.08. The molecular formula is C5H13AsO. The predicted octanol–water partition coefficient (Wildman–Crippen LogP) is 0.464. The molecule has 0 aromatic heterocycles. The number of hydrogen-bond donors (Lipinski definition) is 0. The molecule has 0 fully saturated rings. The molecule has 0 aromatic rings. The summed E-state index contributed by atoms with van der Waals surface area (Å²) in [6.07, 6.45) is 1.23. The Kier molecular flexibility index (Phi) is 7.00. The Bertz CT molecular complexity index is 27.3. The van der Waals surface area contributed by atoms with Crippen LogP contribution in [0.2, 0.25) is 5.21 Å². The zero-order valence-corrected chi connectivity index (χ0v) is 7.24. The molecule has 0 heterocycles. The monoisotopic (exact) mass is 164 g/mol. The molecule has 44 valence electrons. The molecule has 0 aliphatic rings. The Hall–Kier alpha value is 0.518. The molecule has 0 spiro atoms. The number of hydrogen-bond acceptors (Lipinski definition) is 1. The van der Waals surface area contributed by atoms with Crippen LogP contribution in [0.3, 0.4) is 0 Å². The van der Waals surface area contributed by atoms with Gasteiger partial charge in [-0.1, -0.05) is 0 Å². The van der Waals surface area contributed by atoms with E-state index in [2.05, 4.69) is 0 Å². The first-order valence-corrected chi connectivity index (χ1v) is 4.41. The van der Waals surface area contributed by atoms with Crippen molar-refractivity contribution in [2.45, 2.75) is 18.6 Å². The second-order valence-corrected chi connectivity index (χ2v) is 2.55. The first-order chi connectivity index (χ1) is 3.41. The molecule has 2 heteroatoms. The summed E-state index contributed by atoms with van der Waals surface area (Å²) in [5.41, 5.74) is 0. The van der Waals surface area contributed by atoms with Crippen LogP contribution in [0.4, 0.5) is 0 Å². The van der Waals surface area contributed by atoms with E-state index in [1.54, 1.807) is 16.9 Å². The van der Waals surface area contributed by atoms with E-state index in [0.29, 0.717) is 0 Å². The Morgan fingerprint density at radius 1 is 1.57 bits per heavy atom. The fraction of sp³-hybridized carbons (Fsp3) is 1.00. The van der Waals surface area contributed by atoms with E-state index in [1.165, 1.54) is 11.6 Å². The van der Waals surface area contributed by atoms with Gasteiger partial charge in [0.2, 0.25) is 0 Å². The molecule has 7 heavy (non-hydrogen) atoms. The van der Waals surface area contributed by atoms with Crippen LogP contribution in [0.1, 0.15) is 13.3 Å². The third kappa shape index (κ3) is 6.52. The minimum atomic E-state index is 0.868. The van der Waals surface area contributed by atoms with Crippen molar-refractivity contribution in [3.8, 4) is 0 Å². The molecule has 0 aliphatic carbocycles. The third-order valence-electron chi connectivity index (χ3n) is 0.697. The van der Waals surface area contributed by atoms with Crippen LogP contribution in [0.15, 0.2) is 0 Å². The standard InChI is InChI=1S/C5H13AsO/c1-2-7-5-3-4-6/h2-6H2,1H3. The van der Waals surface area contributed by atoms with Crippen LogP contribution < -0.4 is 0 Å². The molecule has 0 radical (unpaired) electrons. The van der Waals surface area contributed by atoms with Crippen LogP contribution >= 0.6 is 0 Å². The van der Waals surface area contributed by atoms with E-state index in [4.69, 9.17) is 4.74 Å². The van der Waals surface area contributed by atoms with Crippen molar-refractivity contribution in [3.05, 3.63) is 0 Å². The van der Waals surface area contributed by atoms with E-state index in [-0.39, 0.29) is 0 Å². The van der Waals surface area contributed by atoms with Crippen molar-refractivity contribution < 1.29 is 4.74 Å². The van der Waals surface area contributed by atoms with Crippen molar-refractivity contribution in [1.82, 2.24) is 0 Å². The fourth-order valence-electron chi connectivity index (χ4n) is 0.330. The molecule has 1 atom stereocenters. The Balaban J connectivity index is 2.45. The third-order valence-corrected chi connectivity index (χ3v) is 1.55. The van der Waals surface area contributed by atoms with Crippen molar-refractivity contribution in [3.63, 3.8) is 0 Å². The van der Waals surface area contributed by atoms with Crippen molar-refractivity contribution >= 4 is 16.9 Å². The first-order valence-electron chi connectivity index (χ1n) is 2.69. The summed E-state index contributed by atoms with van der Waals surface area (Å²) in [6, 6.07) is 0. The van der Waals surface area contributed by atoms with Crippen molar-refractivity contribution in [2.24, 2.45) is 0 Å². The topological polar surface area (TPSA) is 9.23 Å². The van der Waals surface area contributed by atoms with Crippen molar-refractivity contribution in [1.29, 1.82) is 0 Å². The molecule has 1 unspecified atom stereocenters. The predicted molar refractivity (Wildman–Crippen MR) is 34.5 cm³/mol. The number of rotatable bonds is 4. The van der Waals surface area contributed by atoms with Gasteiger partial charge in [-0.05, 0) is 0 Å². The molecule has 0 aliphatic heterocycles. The van der Waals surface area contributed by atoms with E-state index >= 15 is 0 Å². The van der Waals surface area contributed by atoms with Crippen molar-refractivity contribution in [2.75, 3.05) is 13.2 Å². The van der Waals surface area contributed by atoms with Crippen LogP contribution in [-0.4, -0.2) is 30.1 Å². The van der Waals surface area contributed by atoms with Gasteiger partial charge >= 0.3 is 53.4 Å². The normalized spacial score (nSPS) is 9.43.